The van der Waals surface area contributed by atoms with Gasteiger partial charge in [0, 0.05) is 13.3 Å². The third-order valence-electron chi connectivity index (χ3n) is 5.13. The van der Waals surface area contributed by atoms with E-state index in [1.807, 2.05) is 0 Å². The fourth-order valence-electron chi connectivity index (χ4n) is 3.20. The topological polar surface area (TPSA) is 98.8 Å². The number of carbonyl (C=O) groups excluding carboxylic acids is 2. The summed E-state index contributed by atoms with van der Waals surface area (Å²) < 4.78 is 175. The van der Waals surface area contributed by atoms with Crippen molar-refractivity contribution >= 4 is 11.9 Å². The standard InChI is InChI=1S/C19H21F11O9/c1-9(31)33-7-13(2)35-5-10(37-13)4-11-6-36-14(3,38-11)8-34-12(32)15(20,17(23,24)25)39-19(29,30)16(21,22)18(26,27)28/h10-11H,4-8H2,1-3H3. The Balaban J connectivity index is 2.02. The fourth-order valence-corrected chi connectivity index (χ4v) is 3.20. The lowest BCUT2D eigenvalue weighted by molar-refractivity contribution is -0.475. The monoisotopic (exact) mass is 602 g/mol. The van der Waals surface area contributed by atoms with Crippen LogP contribution in [0.15, 0.2) is 0 Å². The van der Waals surface area contributed by atoms with Crippen molar-refractivity contribution in [3.8, 4) is 0 Å². The summed E-state index contributed by atoms with van der Waals surface area (Å²) in [7, 11) is 0. The van der Waals surface area contributed by atoms with Gasteiger partial charge in [-0.3, -0.25) is 9.53 Å². The molecule has 0 aliphatic carbocycles. The smallest absolute Gasteiger partial charge is 0.460 e. The van der Waals surface area contributed by atoms with Crippen LogP contribution in [-0.2, 0) is 42.7 Å². The van der Waals surface area contributed by atoms with Crippen LogP contribution in [0.5, 0.6) is 0 Å². The third kappa shape index (κ3) is 7.39. The van der Waals surface area contributed by atoms with Crippen LogP contribution in [0.4, 0.5) is 48.3 Å². The zero-order valence-electron chi connectivity index (χ0n) is 20.0. The average molecular weight is 602 g/mol. The molecule has 0 aromatic rings. The van der Waals surface area contributed by atoms with Gasteiger partial charge in [-0.25, -0.2) is 4.79 Å². The fraction of sp³-hybridized carbons (Fsp3) is 0.895. The quantitative estimate of drug-likeness (QED) is 0.273. The van der Waals surface area contributed by atoms with Crippen molar-refractivity contribution in [2.75, 3.05) is 26.4 Å². The largest absolute Gasteiger partial charge is 0.462 e. The Bertz CT molecular complexity index is 912. The van der Waals surface area contributed by atoms with E-state index in [1.54, 1.807) is 0 Å². The van der Waals surface area contributed by atoms with Gasteiger partial charge in [-0.15, -0.1) is 0 Å². The number of rotatable bonds is 10. The van der Waals surface area contributed by atoms with Gasteiger partial charge in [-0.2, -0.15) is 48.3 Å². The van der Waals surface area contributed by atoms with Gasteiger partial charge < -0.3 is 28.4 Å². The molecule has 2 aliphatic heterocycles. The lowest BCUT2D eigenvalue weighted by Gasteiger charge is -2.34. The summed E-state index contributed by atoms with van der Waals surface area (Å²) in [5.41, 5.74) is 0. The van der Waals surface area contributed by atoms with E-state index in [-0.39, 0.29) is 26.2 Å². The molecule has 5 unspecified atom stereocenters. The van der Waals surface area contributed by atoms with Crippen LogP contribution >= 0.6 is 0 Å². The average Bonchev–Trinajstić information content (AvgIpc) is 3.31. The second-order valence-corrected chi connectivity index (χ2v) is 8.75. The van der Waals surface area contributed by atoms with Gasteiger partial charge in [-0.1, -0.05) is 0 Å². The minimum atomic E-state index is -7.33. The summed E-state index contributed by atoms with van der Waals surface area (Å²) in [5.74, 6) is -21.3. The number of alkyl halides is 11. The highest BCUT2D eigenvalue weighted by Crippen LogP contribution is 2.51. The molecule has 0 aromatic carbocycles. The van der Waals surface area contributed by atoms with Crippen molar-refractivity contribution in [2.45, 2.75) is 81.2 Å². The Hall–Kier alpha value is -2.03. The molecule has 5 atom stereocenters. The maximum absolute atomic E-state index is 14.3. The van der Waals surface area contributed by atoms with E-state index in [0.29, 0.717) is 0 Å². The number of hydrogen-bond acceptors (Lipinski definition) is 9. The number of halogens is 11. The van der Waals surface area contributed by atoms with Gasteiger partial charge in [0.2, 0.25) is 11.6 Å². The van der Waals surface area contributed by atoms with E-state index in [4.69, 9.17) is 23.7 Å². The third-order valence-corrected chi connectivity index (χ3v) is 5.13. The van der Waals surface area contributed by atoms with Crippen LogP contribution in [0.2, 0.25) is 0 Å². The molecule has 9 nitrogen and oxygen atoms in total. The van der Waals surface area contributed by atoms with Crippen LogP contribution in [0.1, 0.15) is 27.2 Å². The minimum Gasteiger partial charge on any atom is -0.460 e. The lowest BCUT2D eigenvalue weighted by atomic mass is 10.2. The molecule has 2 heterocycles. The lowest BCUT2D eigenvalue weighted by Crippen LogP contribution is -2.62. The summed E-state index contributed by atoms with van der Waals surface area (Å²) in [6, 6.07) is 0. The zero-order valence-corrected chi connectivity index (χ0v) is 20.0. The highest BCUT2D eigenvalue weighted by molar-refractivity contribution is 5.79. The predicted octanol–water partition coefficient (Wildman–Crippen LogP) is 3.78. The number of hydrogen-bond donors (Lipinski definition) is 0. The number of ether oxygens (including phenoxy) is 7. The van der Waals surface area contributed by atoms with E-state index in [1.165, 1.54) is 6.92 Å². The SMILES string of the molecule is CC(=O)OCC1(C)OCC(CC2COC(C)(COC(=O)C(F)(OC(F)(F)C(F)(F)C(F)(F)F)C(F)(F)F)O2)O1. The normalized spacial score (nSPS) is 30.2. The first-order valence-corrected chi connectivity index (χ1v) is 10.6. The molecule has 228 valence electrons. The molecule has 0 bridgehead atoms. The summed E-state index contributed by atoms with van der Waals surface area (Å²) in [5, 5.41) is 0. The molecular formula is C19H21F11O9. The maximum Gasteiger partial charge on any atom is 0.462 e. The van der Waals surface area contributed by atoms with Crippen LogP contribution in [0, 0.1) is 0 Å². The van der Waals surface area contributed by atoms with Gasteiger partial charge in [0.05, 0.1) is 25.4 Å². The van der Waals surface area contributed by atoms with E-state index < -0.39 is 72.6 Å². The zero-order chi connectivity index (χ0) is 30.3. The molecule has 0 N–H and O–H groups in total. The van der Waals surface area contributed by atoms with Crippen molar-refractivity contribution < 1.29 is 91.0 Å². The van der Waals surface area contributed by atoms with Gasteiger partial charge in [0.15, 0.2) is 0 Å². The highest BCUT2D eigenvalue weighted by Gasteiger charge is 2.80. The Kier molecular flexibility index (Phi) is 9.14. The first-order valence-electron chi connectivity index (χ1n) is 10.6. The molecule has 2 aliphatic rings. The molecule has 0 amide bonds. The summed E-state index contributed by atoms with van der Waals surface area (Å²) in [6.07, 6.45) is -22.9. The van der Waals surface area contributed by atoms with Crippen LogP contribution in [0.25, 0.3) is 0 Å². The van der Waals surface area contributed by atoms with E-state index >= 15 is 0 Å². The van der Waals surface area contributed by atoms with Crippen molar-refractivity contribution in [1.29, 1.82) is 0 Å². The van der Waals surface area contributed by atoms with Crippen molar-refractivity contribution in [2.24, 2.45) is 0 Å². The Morgan fingerprint density at radius 2 is 1.21 bits per heavy atom. The van der Waals surface area contributed by atoms with E-state index in [0.717, 1.165) is 13.8 Å². The van der Waals surface area contributed by atoms with Crippen molar-refractivity contribution in [3.05, 3.63) is 0 Å². The first-order chi connectivity index (χ1) is 17.4. The van der Waals surface area contributed by atoms with E-state index in [9.17, 15) is 57.9 Å². The molecule has 0 aromatic heterocycles. The Morgan fingerprint density at radius 3 is 1.59 bits per heavy atom. The van der Waals surface area contributed by atoms with Gasteiger partial charge in [-0.05, 0) is 13.8 Å². The predicted molar refractivity (Wildman–Crippen MR) is 97.6 cm³/mol. The van der Waals surface area contributed by atoms with Crippen LogP contribution in [0.3, 0.4) is 0 Å². The molecule has 39 heavy (non-hydrogen) atoms. The molecule has 0 saturated carbocycles. The Labute approximate surface area is 211 Å². The Morgan fingerprint density at radius 1 is 0.769 bits per heavy atom. The van der Waals surface area contributed by atoms with Crippen molar-refractivity contribution in [1.82, 2.24) is 0 Å². The van der Waals surface area contributed by atoms with Gasteiger partial charge in [0.25, 0.3) is 0 Å². The minimum absolute atomic E-state index is 0.0172. The molecule has 0 radical (unpaired) electrons. The summed E-state index contributed by atoms with van der Waals surface area (Å²) >= 11 is 0. The van der Waals surface area contributed by atoms with E-state index in [2.05, 4.69) is 9.47 Å². The molecule has 0 spiro atoms. The van der Waals surface area contributed by atoms with Crippen LogP contribution < -0.4 is 0 Å². The highest BCUT2D eigenvalue weighted by atomic mass is 19.4. The second-order valence-electron chi connectivity index (χ2n) is 8.75. The maximum atomic E-state index is 14.3. The molecule has 2 fully saturated rings. The molecule has 2 saturated heterocycles. The molecule has 20 heteroatoms. The summed E-state index contributed by atoms with van der Waals surface area (Å²) in [6.45, 7) is 1.43. The molecular weight excluding hydrogens is 581 g/mol. The first kappa shape index (κ1) is 33.2. The van der Waals surface area contributed by atoms with Crippen molar-refractivity contribution in [3.63, 3.8) is 0 Å². The van der Waals surface area contributed by atoms with Gasteiger partial charge >= 0.3 is 42.2 Å². The second kappa shape index (κ2) is 10.7. The number of carbonyl (C=O) groups is 2. The summed E-state index contributed by atoms with van der Waals surface area (Å²) in [4.78, 5) is 22.7. The molecule has 2 rings (SSSR count). The number of esters is 2. The van der Waals surface area contributed by atoms with Crippen LogP contribution in [-0.4, -0.2) is 92.4 Å². The van der Waals surface area contributed by atoms with Gasteiger partial charge in [0.1, 0.15) is 13.2 Å².